The molecule has 0 aliphatic rings. The summed E-state index contributed by atoms with van der Waals surface area (Å²) in [5.74, 6) is -1.62. The molecule has 0 aliphatic heterocycles. The zero-order valence-corrected chi connectivity index (χ0v) is 6.47. The summed E-state index contributed by atoms with van der Waals surface area (Å²) in [6.45, 7) is 0. The van der Waals surface area contributed by atoms with E-state index in [1.54, 1.807) is 0 Å². The fourth-order valence-corrected chi connectivity index (χ4v) is 0.741. The zero-order chi connectivity index (χ0) is 9.84. The molecule has 0 unspecified atom stereocenters. The Morgan fingerprint density at radius 2 is 1.85 bits per heavy atom. The Kier molecular flexibility index (Phi) is 2.63. The Labute approximate surface area is 72.7 Å². The fraction of sp³-hybridized carbons (Fsp3) is 0. The molecule has 0 aromatic heterocycles. The Morgan fingerprint density at radius 3 is 2.31 bits per heavy atom. The predicted molar refractivity (Wildman–Crippen MR) is 42.7 cm³/mol. The Bertz CT molecular complexity index is 309. The molecule has 2 amide bonds. The summed E-state index contributed by atoms with van der Waals surface area (Å²) in [5, 5.41) is 0. The van der Waals surface area contributed by atoms with Gasteiger partial charge in [0, 0.05) is 0 Å². The van der Waals surface area contributed by atoms with Gasteiger partial charge in [0.15, 0.2) is 11.6 Å². The highest BCUT2D eigenvalue weighted by molar-refractivity contribution is 5.73. The molecule has 1 rings (SSSR count). The van der Waals surface area contributed by atoms with E-state index >= 15 is 0 Å². The summed E-state index contributed by atoms with van der Waals surface area (Å²) in [5.41, 5.74) is 8.10. The molecule has 0 fully saturated rings. The summed E-state index contributed by atoms with van der Waals surface area (Å²) in [7, 11) is 0. The van der Waals surface area contributed by atoms with Gasteiger partial charge < -0.3 is 5.73 Å². The number of anilines is 1. The van der Waals surface area contributed by atoms with Crippen LogP contribution >= 0.6 is 0 Å². The van der Waals surface area contributed by atoms with E-state index < -0.39 is 23.4 Å². The highest BCUT2D eigenvalue weighted by Gasteiger charge is 2.07. The number of carbonyl (C=O) groups is 1. The van der Waals surface area contributed by atoms with E-state index in [9.17, 15) is 13.6 Å². The second-order valence-electron chi connectivity index (χ2n) is 2.21. The van der Waals surface area contributed by atoms with Gasteiger partial charge in [-0.15, -0.1) is 0 Å². The lowest BCUT2D eigenvalue weighted by Crippen LogP contribution is -2.34. The number of nitrogens with one attached hydrogen (secondary N) is 2. The van der Waals surface area contributed by atoms with Crippen LogP contribution in [0.15, 0.2) is 18.2 Å². The van der Waals surface area contributed by atoms with Crippen LogP contribution in [0.5, 0.6) is 0 Å². The minimum absolute atomic E-state index is 0.443. The molecule has 4 nitrogen and oxygen atoms in total. The number of hydrogen-bond donors (Lipinski definition) is 3. The molecule has 0 radical (unpaired) electrons. The molecule has 0 saturated heterocycles. The molecule has 0 aliphatic carbocycles. The number of nitrogens with two attached hydrogens (primary N) is 1. The van der Waals surface area contributed by atoms with Crippen molar-refractivity contribution in [2.24, 2.45) is 5.73 Å². The highest BCUT2D eigenvalue weighted by atomic mass is 19.1. The first-order valence-electron chi connectivity index (χ1n) is 3.36. The largest absolute Gasteiger partial charge is 0.350 e. The Hall–Kier alpha value is -1.85. The average Bonchev–Trinajstić information content (AvgIpc) is 2.03. The third-order valence-electron chi connectivity index (χ3n) is 1.27. The van der Waals surface area contributed by atoms with Gasteiger partial charge in [-0.3, -0.25) is 10.9 Å². The molecule has 6 heteroatoms. The van der Waals surface area contributed by atoms with Crippen LogP contribution in [-0.2, 0) is 0 Å². The Balaban J connectivity index is 2.81. The maximum atomic E-state index is 12.8. The van der Waals surface area contributed by atoms with Crippen molar-refractivity contribution in [3.05, 3.63) is 29.8 Å². The maximum absolute atomic E-state index is 12.8. The van der Waals surface area contributed by atoms with E-state index in [1.165, 1.54) is 6.07 Å². The topological polar surface area (TPSA) is 67.2 Å². The first-order chi connectivity index (χ1) is 6.11. The molecular weight excluding hydrogens is 180 g/mol. The number of primary amides is 1. The van der Waals surface area contributed by atoms with E-state index in [0.29, 0.717) is 0 Å². The van der Waals surface area contributed by atoms with Crippen molar-refractivity contribution in [3.8, 4) is 0 Å². The van der Waals surface area contributed by atoms with Crippen molar-refractivity contribution in [3.63, 3.8) is 0 Å². The van der Waals surface area contributed by atoms with E-state index in [1.807, 2.05) is 10.9 Å². The van der Waals surface area contributed by atoms with Gasteiger partial charge in [0.25, 0.3) is 0 Å². The third-order valence-corrected chi connectivity index (χ3v) is 1.27. The summed E-state index contributed by atoms with van der Waals surface area (Å²) < 4.78 is 25.6. The van der Waals surface area contributed by atoms with Crippen molar-refractivity contribution in [1.29, 1.82) is 0 Å². The molecule has 0 saturated carbocycles. The quantitative estimate of drug-likeness (QED) is 0.603. The monoisotopic (exact) mass is 187 g/mol. The molecule has 0 heterocycles. The van der Waals surface area contributed by atoms with Gasteiger partial charge in [-0.2, -0.15) is 0 Å². The second kappa shape index (κ2) is 3.70. The Morgan fingerprint density at radius 1 is 1.31 bits per heavy atom. The summed E-state index contributed by atoms with van der Waals surface area (Å²) in [6.07, 6.45) is 0. The standard InChI is InChI=1S/C7H7F2N3O/c8-4-2-1-3-5(9)6(4)11-12-7(10)13/h1-3,11H,(H3,10,12,13). The number of halogens is 2. The fourth-order valence-electron chi connectivity index (χ4n) is 0.741. The van der Waals surface area contributed by atoms with E-state index in [0.717, 1.165) is 12.1 Å². The molecule has 0 atom stereocenters. The van der Waals surface area contributed by atoms with Gasteiger partial charge in [0.2, 0.25) is 0 Å². The van der Waals surface area contributed by atoms with E-state index in [4.69, 9.17) is 0 Å². The SMILES string of the molecule is NC(=O)NNc1c(F)cccc1F. The number of urea groups is 1. The third kappa shape index (κ3) is 2.29. The molecule has 70 valence electrons. The molecule has 4 N–H and O–H groups in total. The summed E-state index contributed by atoms with van der Waals surface area (Å²) >= 11 is 0. The van der Waals surface area contributed by atoms with Crippen molar-refractivity contribution >= 4 is 11.7 Å². The van der Waals surface area contributed by atoms with Crippen molar-refractivity contribution in [2.45, 2.75) is 0 Å². The number of rotatable bonds is 2. The minimum Gasteiger partial charge on any atom is -0.350 e. The first-order valence-corrected chi connectivity index (χ1v) is 3.36. The smallest absolute Gasteiger partial charge is 0.330 e. The molecule has 13 heavy (non-hydrogen) atoms. The number of hydrogen-bond acceptors (Lipinski definition) is 2. The highest BCUT2D eigenvalue weighted by Crippen LogP contribution is 2.16. The molecule has 1 aromatic rings. The number of amides is 2. The molecule has 0 spiro atoms. The lowest BCUT2D eigenvalue weighted by atomic mass is 10.3. The van der Waals surface area contributed by atoms with Crippen molar-refractivity contribution < 1.29 is 13.6 Å². The number of carbonyl (C=O) groups excluding carboxylic acids is 1. The van der Waals surface area contributed by atoms with Crippen LogP contribution in [0.25, 0.3) is 0 Å². The maximum Gasteiger partial charge on any atom is 0.330 e. The summed E-state index contributed by atoms with van der Waals surface area (Å²) in [4.78, 5) is 10.2. The second-order valence-corrected chi connectivity index (χ2v) is 2.21. The van der Waals surface area contributed by atoms with E-state index in [2.05, 4.69) is 5.73 Å². The van der Waals surface area contributed by atoms with Crippen molar-refractivity contribution in [1.82, 2.24) is 5.43 Å². The first kappa shape index (κ1) is 9.24. The van der Waals surface area contributed by atoms with Gasteiger partial charge in [-0.1, -0.05) is 6.07 Å². The lowest BCUT2D eigenvalue weighted by Gasteiger charge is -2.07. The number of hydrazine groups is 1. The van der Waals surface area contributed by atoms with Crippen LogP contribution in [0.1, 0.15) is 0 Å². The average molecular weight is 187 g/mol. The number of para-hydroxylation sites is 1. The van der Waals surface area contributed by atoms with Gasteiger partial charge >= 0.3 is 6.03 Å². The number of benzene rings is 1. The van der Waals surface area contributed by atoms with Gasteiger partial charge in [-0.25, -0.2) is 13.6 Å². The van der Waals surface area contributed by atoms with Crippen LogP contribution in [0, 0.1) is 11.6 Å². The van der Waals surface area contributed by atoms with Gasteiger partial charge in [0.05, 0.1) is 0 Å². The predicted octanol–water partition coefficient (Wildman–Crippen LogP) is 0.960. The van der Waals surface area contributed by atoms with Crippen LogP contribution in [-0.4, -0.2) is 6.03 Å². The summed E-state index contributed by atoms with van der Waals surface area (Å²) in [6, 6.07) is 2.38. The van der Waals surface area contributed by atoms with Crippen LogP contribution < -0.4 is 16.6 Å². The minimum atomic E-state index is -0.928. The van der Waals surface area contributed by atoms with Crippen LogP contribution in [0.3, 0.4) is 0 Å². The zero-order valence-electron chi connectivity index (χ0n) is 6.47. The van der Waals surface area contributed by atoms with Crippen LogP contribution in [0.2, 0.25) is 0 Å². The molecule has 0 bridgehead atoms. The van der Waals surface area contributed by atoms with E-state index in [-0.39, 0.29) is 0 Å². The van der Waals surface area contributed by atoms with Gasteiger partial charge in [-0.05, 0) is 12.1 Å². The van der Waals surface area contributed by atoms with Gasteiger partial charge in [0.1, 0.15) is 5.69 Å². The lowest BCUT2D eigenvalue weighted by molar-refractivity contribution is 0.250. The van der Waals surface area contributed by atoms with Crippen molar-refractivity contribution in [2.75, 3.05) is 5.43 Å². The molecular formula is C7H7F2N3O. The molecule has 1 aromatic carbocycles. The normalized spacial score (nSPS) is 9.38. The van der Waals surface area contributed by atoms with Crippen LogP contribution in [0.4, 0.5) is 19.3 Å².